The fourth-order valence-corrected chi connectivity index (χ4v) is 5.21. The van der Waals surface area contributed by atoms with Crippen molar-refractivity contribution in [3.05, 3.63) is 126 Å². The molecule has 0 bridgehead atoms. The molecule has 9 nitrogen and oxygen atoms in total. The Morgan fingerprint density at radius 1 is 0.949 bits per heavy atom. The second kappa shape index (κ2) is 11.0. The van der Waals surface area contributed by atoms with Gasteiger partial charge >= 0.3 is 0 Å². The zero-order chi connectivity index (χ0) is 27.5. The number of halogens is 1. The second-order valence-electron chi connectivity index (χ2n) is 9.37. The molecule has 0 radical (unpaired) electrons. The van der Waals surface area contributed by atoms with Crippen LogP contribution in [-0.4, -0.2) is 26.5 Å². The number of hydrogen-bond donors (Lipinski definition) is 0. The van der Waals surface area contributed by atoms with Crippen molar-refractivity contribution in [1.29, 1.82) is 0 Å². The second-order valence-corrected chi connectivity index (χ2v) is 9.81. The molecule has 0 aromatic heterocycles. The molecule has 2 aliphatic rings. The van der Waals surface area contributed by atoms with Gasteiger partial charge in [0.25, 0.3) is 17.3 Å². The minimum Gasteiger partial charge on any atom is -0.268 e. The molecule has 0 N–H and O–H groups in total. The highest BCUT2D eigenvalue weighted by Gasteiger charge is 2.43. The van der Waals surface area contributed by atoms with E-state index in [1.807, 2.05) is 6.08 Å². The van der Waals surface area contributed by atoms with Crippen LogP contribution in [0.2, 0.25) is 5.02 Å². The lowest BCUT2D eigenvalue weighted by molar-refractivity contribution is -0.385. The number of nitrogens with zero attached hydrogens (tertiary/aromatic N) is 4. The molecule has 39 heavy (non-hydrogen) atoms. The number of rotatable bonds is 6. The first-order chi connectivity index (χ1) is 18.8. The van der Waals surface area contributed by atoms with Gasteiger partial charge in [0.15, 0.2) is 0 Å². The number of benzene rings is 3. The molecule has 196 valence electrons. The van der Waals surface area contributed by atoms with Crippen LogP contribution in [-0.2, 0) is 4.79 Å². The molecule has 3 aromatic carbocycles. The Kier molecular flexibility index (Phi) is 7.33. The number of carbonyl (C=O) groups is 1. The number of hydrogen-bond acceptors (Lipinski definition) is 6. The summed E-state index contributed by atoms with van der Waals surface area (Å²) >= 11 is 5.96. The molecule has 1 heterocycles. The lowest BCUT2D eigenvalue weighted by Crippen LogP contribution is -2.31. The molecule has 10 heteroatoms. The smallest absolute Gasteiger partial charge is 0.268 e. The number of carbonyl (C=O) groups excluding carboxylic acids is 1. The number of amides is 1. The van der Waals surface area contributed by atoms with Gasteiger partial charge < -0.3 is 0 Å². The first-order valence-electron chi connectivity index (χ1n) is 12.4. The van der Waals surface area contributed by atoms with Crippen LogP contribution >= 0.6 is 11.6 Å². The summed E-state index contributed by atoms with van der Waals surface area (Å²) in [4.78, 5) is 35.4. The van der Waals surface area contributed by atoms with E-state index in [0.29, 0.717) is 22.6 Å². The van der Waals surface area contributed by atoms with Gasteiger partial charge in [0, 0.05) is 41.3 Å². The van der Waals surface area contributed by atoms with E-state index in [4.69, 9.17) is 16.7 Å². The molecule has 5 rings (SSSR count). The third kappa shape index (κ3) is 5.63. The van der Waals surface area contributed by atoms with Crippen molar-refractivity contribution < 1.29 is 14.6 Å². The van der Waals surface area contributed by atoms with E-state index in [9.17, 15) is 25.0 Å². The summed E-state index contributed by atoms with van der Waals surface area (Å²) < 4.78 is 0. The quantitative estimate of drug-likeness (QED) is 0.189. The highest BCUT2D eigenvalue weighted by Crippen LogP contribution is 2.45. The minimum atomic E-state index is -0.531. The van der Waals surface area contributed by atoms with E-state index >= 15 is 0 Å². The lowest BCUT2D eigenvalue weighted by Gasteiger charge is -2.29. The standard InChI is InChI=1S/C29H23ClN4O5/c30-23-13-10-19(11-14-23)12-15-27(35)32-29(22-6-2-8-25(18-22)34(38)39)26-9-3-5-21(28(26)31-32)16-20-4-1-7-24(17-20)33(36)37/h1-2,4,6-8,10-18,26,29H,3,5,9H2/b15-12+,21-16-. The fraction of sp³-hybridized carbons (Fsp3) is 0.172. The summed E-state index contributed by atoms with van der Waals surface area (Å²) in [7, 11) is 0. The molecule has 1 saturated carbocycles. The van der Waals surface area contributed by atoms with Crippen molar-refractivity contribution in [3.63, 3.8) is 0 Å². The molecule has 1 aliphatic carbocycles. The van der Waals surface area contributed by atoms with Crippen molar-refractivity contribution in [3.8, 4) is 0 Å². The van der Waals surface area contributed by atoms with E-state index in [1.165, 1.54) is 35.4 Å². The summed E-state index contributed by atoms with van der Waals surface area (Å²) in [6, 6.07) is 19.2. The molecule has 2 atom stereocenters. The third-order valence-corrected chi connectivity index (χ3v) is 7.11. The fourth-order valence-electron chi connectivity index (χ4n) is 5.09. The summed E-state index contributed by atoms with van der Waals surface area (Å²) in [5.41, 5.74) is 3.61. The van der Waals surface area contributed by atoms with Crippen molar-refractivity contribution >= 4 is 46.7 Å². The minimum absolute atomic E-state index is 0.0105. The molecule has 2 unspecified atom stereocenters. The molecule has 1 fully saturated rings. The van der Waals surface area contributed by atoms with Crippen LogP contribution < -0.4 is 0 Å². The van der Waals surface area contributed by atoms with Crippen LogP contribution in [0.5, 0.6) is 0 Å². The Bertz CT molecular complexity index is 1550. The van der Waals surface area contributed by atoms with Crippen molar-refractivity contribution in [2.45, 2.75) is 25.3 Å². The van der Waals surface area contributed by atoms with Crippen molar-refractivity contribution in [2.75, 3.05) is 0 Å². The highest BCUT2D eigenvalue weighted by atomic mass is 35.5. The van der Waals surface area contributed by atoms with Gasteiger partial charge in [-0.15, -0.1) is 0 Å². The van der Waals surface area contributed by atoms with Gasteiger partial charge in [-0.1, -0.05) is 48.0 Å². The number of hydrazone groups is 1. The van der Waals surface area contributed by atoms with Crippen LogP contribution in [0.25, 0.3) is 12.2 Å². The molecule has 0 spiro atoms. The summed E-state index contributed by atoms with van der Waals surface area (Å²) in [5.74, 6) is -0.545. The predicted molar refractivity (Wildman–Crippen MR) is 149 cm³/mol. The maximum Gasteiger partial charge on any atom is 0.270 e. The molecular formula is C29H23ClN4O5. The van der Waals surface area contributed by atoms with Crippen molar-refractivity contribution in [2.24, 2.45) is 11.0 Å². The summed E-state index contributed by atoms with van der Waals surface area (Å²) in [5, 5.41) is 29.5. The third-order valence-electron chi connectivity index (χ3n) is 6.86. The largest absolute Gasteiger partial charge is 0.270 e. The topological polar surface area (TPSA) is 119 Å². The molecule has 0 saturated heterocycles. The van der Waals surface area contributed by atoms with Crippen LogP contribution in [0.3, 0.4) is 0 Å². The summed E-state index contributed by atoms with van der Waals surface area (Å²) in [6.07, 6.45) is 7.23. The van der Waals surface area contributed by atoms with Crippen LogP contribution in [0.4, 0.5) is 11.4 Å². The van der Waals surface area contributed by atoms with E-state index in [0.717, 1.165) is 29.7 Å². The summed E-state index contributed by atoms with van der Waals surface area (Å²) in [6.45, 7) is 0. The molecule has 1 amide bonds. The van der Waals surface area contributed by atoms with Gasteiger partial charge in [0.05, 0.1) is 21.6 Å². The normalized spacial score (nSPS) is 19.7. The Labute approximate surface area is 229 Å². The SMILES string of the molecule is O=C(/C=C/c1ccc(Cl)cc1)N1N=C2/C(=C\c3cccc([N+](=O)[O-])c3)CCCC2C1c1cccc([N+](=O)[O-])c1. The zero-order valence-corrected chi connectivity index (χ0v) is 21.4. The number of allylic oxidation sites excluding steroid dienone is 1. The van der Waals surface area contributed by atoms with E-state index < -0.39 is 15.9 Å². The predicted octanol–water partition coefficient (Wildman–Crippen LogP) is 6.99. The van der Waals surface area contributed by atoms with Gasteiger partial charge in [-0.2, -0.15) is 5.10 Å². The Morgan fingerprint density at radius 2 is 1.64 bits per heavy atom. The van der Waals surface area contributed by atoms with Crippen molar-refractivity contribution in [1.82, 2.24) is 5.01 Å². The number of nitro groups is 2. The maximum atomic E-state index is 13.5. The van der Waals surface area contributed by atoms with Crippen LogP contribution in [0.15, 0.2) is 89.5 Å². The Morgan fingerprint density at radius 3 is 2.36 bits per heavy atom. The van der Waals surface area contributed by atoms with Crippen LogP contribution in [0, 0.1) is 26.1 Å². The average Bonchev–Trinajstić information content (AvgIpc) is 3.33. The van der Waals surface area contributed by atoms with Crippen LogP contribution in [0.1, 0.15) is 42.0 Å². The lowest BCUT2D eigenvalue weighted by atomic mass is 9.77. The highest BCUT2D eigenvalue weighted by molar-refractivity contribution is 6.30. The van der Waals surface area contributed by atoms with Gasteiger partial charge in [0.1, 0.15) is 0 Å². The first kappa shape index (κ1) is 26.0. The van der Waals surface area contributed by atoms with Gasteiger partial charge in [-0.05, 0) is 65.8 Å². The Balaban J connectivity index is 1.54. The van der Waals surface area contributed by atoms with E-state index in [1.54, 1.807) is 54.6 Å². The zero-order valence-electron chi connectivity index (χ0n) is 20.6. The molecular weight excluding hydrogens is 520 g/mol. The molecule has 1 aliphatic heterocycles. The maximum absolute atomic E-state index is 13.5. The van der Waals surface area contributed by atoms with Gasteiger partial charge in [-0.3, -0.25) is 25.0 Å². The number of non-ortho nitro benzene ring substituents is 2. The van der Waals surface area contributed by atoms with E-state index in [2.05, 4.69) is 0 Å². The average molecular weight is 543 g/mol. The van der Waals surface area contributed by atoms with Gasteiger partial charge in [0.2, 0.25) is 0 Å². The Hall–Kier alpha value is -4.63. The monoisotopic (exact) mass is 542 g/mol. The molecule has 3 aromatic rings. The van der Waals surface area contributed by atoms with Gasteiger partial charge in [-0.25, -0.2) is 5.01 Å². The van der Waals surface area contributed by atoms with E-state index in [-0.39, 0.29) is 23.2 Å². The number of fused-ring (bicyclic) bond motifs is 1. The first-order valence-corrected chi connectivity index (χ1v) is 12.7. The number of nitro benzene ring substituents is 2.